The van der Waals surface area contributed by atoms with E-state index in [0.717, 1.165) is 40.8 Å². The molecule has 3 amide bonds. The number of allylic oxidation sites excluding steroid dienone is 2. The van der Waals surface area contributed by atoms with Gasteiger partial charge in [-0.05, 0) is 62.1 Å². The molecule has 0 atom stereocenters. The number of para-hydroxylation sites is 1. The number of likely N-dealkylation sites (tertiary alicyclic amines) is 2. The fraction of sp³-hybridized carbons (Fsp3) is 0.438. The zero-order chi connectivity index (χ0) is 30.4. The first kappa shape index (κ1) is 29.6. The van der Waals surface area contributed by atoms with Crippen LogP contribution in [0.25, 0.3) is 10.9 Å². The lowest BCUT2D eigenvalue weighted by Gasteiger charge is -2.47. The molecule has 43 heavy (non-hydrogen) atoms. The van der Waals surface area contributed by atoms with Crippen molar-refractivity contribution in [1.82, 2.24) is 19.7 Å². The van der Waals surface area contributed by atoms with E-state index in [9.17, 15) is 22.8 Å². The number of alkyl halides is 3. The van der Waals surface area contributed by atoms with Gasteiger partial charge in [-0.2, -0.15) is 13.2 Å². The minimum absolute atomic E-state index is 0.0264. The highest BCUT2D eigenvalue weighted by molar-refractivity contribution is 6.31. The number of urea groups is 1. The first-order valence-electron chi connectivity index (χ1n) is 14.7. The van der Waals surface area contributed by atoms with Gasteiger partial charge in [-0.3, -0.25) is 9.69 Å². The number of nitrogens with zero attached hydrogens (tertiary/aromatic N) is 4. The summed E-state index contributed by atoms with van der Waals surface area (Å²) in [5, 5.41) is 4.67. The maximum absolute atomic E-state index is 14.1. The lowest BCUT2D eigenvalue weighted by molar-refractivity contribution is -0.148. The Hall–Kier alpha value is -3.50. The second kappa shape index (κ2) is 11.5. The Morgan fingerprint density at radius 3 is 2.58 bits per heavy atom. The lowest BCUT2D eigenvalue weighted by Crippen LogP contribution is -2.67. The smallest absolute Gasteiger partial charge is 0.343 e. The summed E-state index contributed by atoms with van der Waals surface area (Å²) >= 11 is 6.30. The van der Waals surface area contributed by atoms with Gasteiger partial charge in [-0.15, -0.1) is 0 Å². The van der Waals surface area contributed by atoms with Gasteiger partial charge in [0.05, 0.1) is 13.1 Å². The molecule has 11 heteroatoms. The number of carbonyl (C=O) groups excluding carboxylic acids is 2. The summed E-state index contributed by atoms with van der Waals surface area (Å²) in [5.74, 6) is -0.0264. The second-order valence-corrected chi connectivity index (χ2v) is 12.2. The van der Waals surface area contributed by atoms with Crippen molar-refractivity contribution in [2.75, 3.05) is 37.6 Å². The Labute approximate surface area is 253 Å². The van der Waals surface area contributed by atoms with Crippen molar-refractivity contribution in [1.29, 1.82) is 0 Å². The minimum Gasteiger partial charge on any atom is -0.343 e. The summed E-state index contributed by atoms with van der Waals surface area (Å²) in [6.45, 7) is 3.32. The van der Waals surface area contributed by atoms with Gasteiger partial charge in [0, 0.05) is 66.1 Å². The molecular weight excluding hydrogens is 579 g/mol. The molecular formula is C32H35ClF3N5O2. The Kier molecular flexibility index (Phi) is 7.93. The molecule has 3 aromatic rings. The number of carbonyl (C=O) groups is 2. The second-order valence-electron chi connectivity index (χ2n) is 11.8. The highest BCUT2D eigenvalue weighted by Gasteiger charge is 2.59. The number of nitrogens with one attached hydrogen (secondary N) is 1. The molecule has 2 aromatic carbocycles. The molecule has 0 radical (unpaired) electrons. The molecule has 0 saturated carbocycles. The van der Waals surface area contributed by atoms with Crippen LogP contribution in [-0.2, 0) is 23.3 Å². The van der Waals surface area contributed by atoms with E-state index in [2.05, 4.69) is 22.0 Å². The number of amides is 3. The Morgan fingerprint density at radius 1 is 1.12 bits per heavy atom. The molecule has 228 valence electrons. The predicted molar refractivity (Wildman–Crippen MR) is 161 cm³/mol. The van der Waals surface area contributed by atoms with Crippen molar-refractivity contribution < 1.29 is 22.8 Å². The molecule has 7 nitrogen and oxygen atoms in total. The number of hydrogen-bond donors (Lipinski definition) is 1. The fourth-order valence-corrected chi connectivity index (χ4v) is 6.97. The number of fused-ring (bicyclic) bond motifs is 3. The summed E-state index contributed by atoms with van der Waals surface area (Å²) < 4.78 is 40.4. The number of halogens is 4. The molecule has 0 bridgehead atoms. The molecule has 6 rings (SSSR count). The highest BCUT2D eigenvalue weighted by Crippen LogP contribution is 2.48. The van der Waals surface area contributed by atoms with E-state index in [4.69, 9.17) is 11.6 Å². The van der Waals surface area contributed by atoms with Crippen LogP contribution >= 0.6 is 11.6 Å². The molecule has 1 spiro atoms. The topological polar surface area (TPSA) is 60.8 Å². The number of anilines is 1. The van der Waals surface area contributed by atoms with Gasteiger partial charge in [0.25, 0.3) is 0 Å². The van der Waals surface area contributed by atoms with E-state index in [1.807, 2.05) is 60.4 Å². The molecule has 0 aliphatic carbocycles. The van der Waals surface area contributed by atoms with Gasteiger partial charge >= 0.3 is 12.2 Å². The van der Waals surface area contributed by atoms with Gasteiger partial charge in [0.1, 0.15) is 5.41 Å². The van der Waals surface area contributed by atoms with Crippen molar-refractivity contribution in [3.8, 4) is 0 Å². The van der Waals surface area contributed by atoms with E-state index in [0.29, 0.717) is 24.4 Å². The summed E-state index contributed by atoms with van der Waals surface area (Å²) in [5.41, 5.74) is 3.04. The number of aryl methyl sites for hydroxylation is 1. The maximum atomic E-state index is 14.1. The zero-order valence-electron chi connectivity index (χ0n) is 24.0. The zero-order valence-corrected chi connectivity index (χ0v) is 24.8. The molecule has 1 aromatic heterocycles. The summed E-state index contributed by atoms with van der Waals surface area (Å²) in [6, 6.07) is 15.3. The summed E-state index contributed by atoms with van der Waals surface area (Å²) in [7, 11) is 0. The van der Waals surface area contributed by atoms with Crippen LogP contribution in [0.5, 0.6) is 0 Å². The Balaban J connectivity index is 1.16. The van der Waals surface area contributed by atoms with Gasteiger partial charge in [0.15, 0.2) is 0 Å². The Bertz CT molecular complexity index is 1550. The van der Waals surface area contributed by atoms with Crippen LogP contribution in [0, 0.1) is 0 Å². The van der Waals surface area contributed by atoms with Crippen molar-refractivity contribution >= 4 is 40.1 Å². The van der Waals surface area contributed by atoms with Crippen LogP contribution in [0.1, 0.15) is 37.4 Å². The SMILES string of the molecule is C/C=C\CCn1c(CN2C(=O)C3(CN(C(=O)NC4CCN(CC(F)(F)F)CC4)C3)c3ccccc32)cc2cc(Cl)ccc21. The molecule has 3 aliphatic heterocycles. The average Bonchev–Trinajstić information content (AvgIpc) is 3.40. The van der Waals surface area contributed by atoms with Crippen molar-refractivity contribution in [2.24, 2.45) is 0 Å². The highest BCUT2D eigenvalue weighted by atomic mass is 35.5. The summed E-state index contributed by atoms with van der Waals surface area (Å²) in [6.07, 6.45) is 1.71. The third-order valence-corrected chi connectivity index (χ3v) is 9.15. The van der Waals surface area contributed by atoms with Gasteiger partial charge in [0.2, 0.25) is 5.91 Å². The standard InChI is InChI=1S/C32H35ClF3N5O2/c1-2-3-6-13-40-25(17-22-16-23(33)9-10-27(22)40)18-41-28-8-5-4-7-26(28)31(29(41)42)19-39(20-31)30(43)37-24-11-14-38(15-12-24)21-32(34,35)36/h2-5,7-10,16-17,24H,6,11-15,18-21H2,1H3,(H,37,43)/b3-2-. The van der Waals surface area contributed by atoms with Crippen molar-refractivity contribution in [3.05, 3.63) is 77.0 Å². The largest absolute Gasteiger partial charge is 0.401 e. The molecule has 0 unspecified atom stereocenters. The molecule has 2 fully saturated rings. The monoisotopic (exact) mass is 613 g/mol. The van der Waals surface area contributed by atoms with E-state index >= 15 is 0 Å². The number of rotatable bonds is 7. The minimum atomic E-state index is -4.23. The maximum Gasteiger partial charge on any atom is 0.401 e. The first-order chi connectivity index (χ1) is 20.6. The van der Waals surface area contributed by atoms with Gasteiger partial charge in [-0.1, -0.05) is 42.0 Å². The average molecular weight is 614 g/mol. The van der Waals surface area contributed by atoms with Crippen molar-refractivity contribution in [3.63, 3.8) is 0 Å². The van der Waals surface area contributed by atoms with E-state index in [1.54, 1.807) is 4.90 Å². The van der Waals surface area contributed by atoms with Gasteiger partial charge < -0.3 is 19.7 Å². The van der Waals surface area contributed by atoms with Crippen molar-refractivity contribution in [2.45, 2.75) is 56.9 Å². The van der Waals surface area contributed by atoms with E-state index in [1.165, 1.54) is 4.90 Å². The van der Waals surface area contributed by atoms with E-state index < -0.39 is 18.1 Å². The van der Waals surface area contributed by atoms with E-state index in [-0.39, 0.29) is 44.2 Å². The first-order valence-corrected chi connectivity index (χ1v) is 15.1. The normalized spacial score (nSPS) is 19.0. The number of hydrogen-bond acceptors (Lipinski definition) is 3. The molecule has 4 heterocycles. The fourth-order valence-electron chi connectivity index (χ4n) is 6.79. The number of benzene rings is 2. The number of aromatic nitrogens is 1. The molecule has 2 saturated heterocycles. The van der Waals surface area contributed by atoms with Crippen LogP contribution < -0.4 is 10.2 Å². The van der Waals surface area contributed by atoms with Crippen LogP contribution in [0.4, 0.5) is 23.7 Å². The summed E-state index contributed by atoms with van der Waals surface area (Å²) in [4.78, 5) is 32.1. The third kappa shape index (κ3) is 5.74. The van der Waals surface area contributed by atoms with Crippen LogP contribution in [0.15, 0.2) is 60.7 Å². The van der Waals surface area contributed by atoms with Gasteiger partial charge in [-0.25, -0.2) is 4.79 Å². The lowest BCUT2D eigenvalue weighted by atomic mass is 9.75. The Morgan fingerprint density at radius 2 is 1.86 bits per heavy atom. The quantitative estimate of drug-likeness (QED) is 0.328. The number of piperidine rings is 1. The molecule has 3 aliphatic rings. The third-order valence-electron chi connectivity index (χ3n) is 8.92. The van der Waals surface area contributed by atoms with Crippen LogP contribution in [-0.4, -0.2) is 71.2 Å². The van der Waals surface area contributed by atoms with Crippen LogP contribution in [0.3, 0.4) is 0 Å². The predicted octanol–water partition coefficient (Wildman–Crippen LogP) is 6.10. The molecule has 1 N–H and O–H groups in total. The van der Waals surface area contributed by atoms with Crippen LogP contribution in [0.2, 0.25) is 5.02 Å².